The van der Waals surface area contributed by atoms with E-state index in [2.05, 4.69) is 66.9 Å². The number of benzene rings is 3. The van der Waals surface area contributed by atoms with E-state index in [9.17, 15) is 28.8 Å². The molecule has 1 heterocycles. The molecule has 0 aliphatic heterocycles. The number of hydrogen-bond donors (Lipinski definition) is 18. The van der Waals surface area contributed by atoms with E-state index in [1.807, 2.05) is 77.9 Å². The van der Waals surface area contributed by atoms with Crippen molar-refractivity contribution in [3.8, 4) is 0 Å². The maximum absolute atomic E-state index is 11.1. The second-order valence-electron chi connectivity index (χ2n) is 8.08. The Kier molecular flexibility index (Phi) is 86.6. The average molecular weight is 891 g/mol. The van der Waals surface area contributed by atoms with E-state index in [-0.39, 0.29) is 30.4 Å². The number of urea groups is 4. The van der Waals surface area contributed by atoms with Crippen molar-refractivity contribution in [3.63, 3.8) is 0 Å². The molecular weight excluding hydrogens is 813 g/mol. The van der Waals surface area contributed by atoms with Crippen LogP contribution in [-0.2, 0) is 9.59 Å². The number of hydrogen-bond acceptors (Lipinski definition) is 15. The number of para-hydroxylation sites is 3. The van der Waals surface area contributed by atoms with Crippen LogP contribution in [0.25, 0.3) is 10.9 Å². The molecule has 0 aliphatic rings. The number of amides is 10. The van der Waals surface area contributed by atoms with E-state index < -0.39 is 41.6 Å². The highest BCUT2D eigenvalue weighted by molar-refractivity contribution is 6.03. The molecule has 10 amide bonds. The summed E-state index contributed by atoms with van der Waals surface area (Å²) < 4.78 is 0. The quantitative estimate of drug-likeness (QED) is 0.101. The molecule has 0 spiro atoms. The molecule has 26 nitrogen and oxygen atoms in total. The summed E-state index contributed by atoms with van der Waals surface area (Å²) in [6.45, 7) is 12.0. The third kappa shape index (κ3) is 73.5. The molecule has 4 rings (SSSR count). The molecule has 0 saturated heterocycles. The topological polar surface area (TPSA) is 583 Å². The van der Waals surface area contributed by atoms with Crippen LogP contribution in [0.15, 0.2) is 94.5 Å². The summed E-state index contributed by atoms with van der Waals surface area (Å²) in [7, 11) is 4.50. The van der Waals surface area contributed by atoms with E-state index in [1.54, 1.807) is 53.8 Å². The number of aromatic amines is 2. The zero-order chi connectivity index (χ0) is 48.4. The van der Waals surface area contributed by atoms with Gasteiger partial charge in [-0.25, -0.2) is 24.0 Å². The number of nitrogens with one attached hydrogen (secondary N) is 4. The molecule has 0 aliphatic carbocycles. The van der Waals surface area contributed by atoms with Crippen molar-refractivity contribution in [2.24, 2.45) is 57.3 Å². The van der Waals surface area contributed by atoms with Crippen LogP contribution < -0.4 is 103 Å². The molecule has 360 valence electrons. The third-order valence-corrected chi connectivity index (χ3v) is 4.09. The van der Waals surface area contributed by atoms with Crippen molar-refractivity contribution in [1.29, 1.82) is 0 Å². The summed E-state index contributed by atoms with van der Waals surface area (Å²) in [5, 5.41) is 4.61. The number of aromatic nitrogens is 2. The van der Waals surface area contributed by atoms with Crippen LogP contribution in [0.4, 0.5) is 30.6 Å². The summed E-state index contributed by atoms with van der Waals surface area (Å²) in [6.07, 6.45) is -0.283. The molecule has 0 atom stereocenters. The Morgan fingerprint density at radius 3 is 1.13 bits per heavy atom. The Balaban J connectivity index is -0.0000000547. The van der Waals surface area contributed by atoms with Gasteiger partial charge in [-0.2, -0.15) is 0 Å². The second-order valence-corrected chi connectivity index (χ2v) is 8.08. The number of fused-ring (bicyclic) bond motifs is 1. The number of imide groups is 1. The Hall–Kier alpha value is -7.62. The normalized spacial score (nSPS) is 7.10. The Morgan fingerprint density at radius 1 is 0.516 bits per heavy atom. The van der Waals surface area contributed by atoms with Gasteiger partial charge in [-0.3, -0.25) is 24.7 Å². The number of H-pyrrole nitrogens is 2. The smallest absolute Gasteiger partial charge is 0.326 e. The van der Waals surface area contributed by atoms with E-state index in [0.717, 1.165) is 5.69 Å². The van der Waals surface area contributed by atoms with E-state index >= 15 is 0 Å². The predicted molar refractivity (Wildman–Crippen MR) is 254 cm³/mol. The standard InChI is InChI=1S/C9H10N2O2.C8H6N2O2.C6H7N.C2H5N3O2.3C2H6.2CH4N2O.3CH5N.3H3N/c10-8(12)6-9(13)11-7-4-2-1-3-5-7;11-7-5-3-1-2-4-6(5)9-8(12)10-7;7-6-4-2-1-3-5-6;3-1(6)5-2(4)7;3*1-2;2*2-1(3)4;3*1-2;;;/h1-5H,6H2,(H2,10,12)(H,11,13);1-4H,(H2,9,10,11,12);1-5H,7H2;(H5,3,4,5,6,7);3*1-2H3;2*(H4,2,3,4);3*2H2,1H3;3*1H3. The third-order valence-electron chi connectivity index (χ3n) is 4.09. The van der Waals surface area contributed by atoms with Gasteiger partial charge in [0, 0.05) is 11.4 Å². The minimum atomic E-state index is -0.938. The van der Waals surface area contributed by atoms with Crippen LogP contribution in [0, 0.1) is 0 Å². The highest BCUT2D eigenvalue weighted by atomic mass is 16.2. The average Bonchev–Trinajstić information content (AvgIpc) is 3.20. The van der Waals surface area contributed by atoms with Gasteiger partial charge in [0.1, 0.15) is 6.42 Å². The lowest BCUT2D eigenvalue weighted by molar-refractivity contribution is -0.124. The van der Waals surface area contributed by atoms with Crippen molar-refractivity contribution in [2.45, 2.75) is 48.0 Å². The van der Waals surface area contributed by atoms with Gasteiger partial charge in [-0.05, 0) is 57.5 Å². The summed E-state index contributed by atoms with van der Waals surface area (Å²) >= 11 is 0. The zero-order valence-corrected chi connectivity index (χ0v) is 37.5. The predicted octanol–water partition coefficient (Wildman–Crippen LogP) is 1.06. The monoisotopic (exact) mass is 891 g/mol. The highest BCUT2D eigenvalue weighted by Crippen LogP contribution is 2.05. The molecule has 3 aromatic carbocycles. The first kappa shape index (κ1) is 82.3. The number of anilines is 2. The van der Waals surface area contributed by atoms with Gasteiger partial charge in [0.25, 0.3) is 5.56 Å². The molecule has 0 radical (unpaired) electrons. The van der Waals surface area contributed by atoms with Crippen LogP contribution in [0.3, 0.4) is 0 Å². The fourth-order valence-corrected chi connectivity index (χ4v) is 2.57. The van der Waals surface area contributed by atoms with Gasteiger partial charge in [-0.1, -0.05) is 90.1 Å². The van der Waals surface area contributed by atoms with Crippen LogP contribution in [0.2, 0.25) is 0 Å². The Bertz CT molecular complexity index is 1680. The van der Waals surface area contributed by atoms with Gasteiger partial charge in [0.2, 0.25) is 11.8 Å². The zero-order valence-electron chi connectivity index (χ0n) is 37.5. The SMILES string of the molecule is CC.CC.CC.CN.CN.CN.N.N.N.NC(=O)CC(=O)Nc1ccccc1.NC(=O)NC(N)=O.NC(N)=O.NC(N)=O.Nc1ccccc1.O=c1[nH]c(=O)c2ccccc2[nH]1. The molecule has 1 aromatic heterocycles. The number of carbonyl (C=O) groups is 6. The molecule has 4 aromatic rings. The molecule has 62 heavy (non-hydrogen) atoms. The van der Waals surface area contributed by atoms with Crippen molar-refractivity contribution in [1.82, 2.24) is 33.7 Å². The van der Waals surface area contributed by atoms with Crippen LogP contribution in [-0.4, -0.2) is 67.0 Å². The van der Waals surface area contributed by atoms with E-state index in [0.29, 0.717) is 16.6 Å². The fourth-order valence-electron chi connectivity index (χ4n) is 2.57. The molecule has 0 unspecified atom stereocenters. The number of rotatable bonds is 3. The Labute approximate surface area is 363 Å². The number of carbonyl (C=O) groups excluding carboxylic acids is 6. The van der Waals surface area contributed by atoms with Crippen molar-refractivity contribution >= 4 is 58.2 Å². The largest absolute Gasteiger partial charge is 0.399 e. The lowest BCUT2D eigenvalue weighted by Crippen LogP contribution is -2.38. The van der Waals surface area contributed by atoms with E-state index in [4.69, 9.17) is 21.1 Å². The van der Waals surface area contributed by atoms with Crippen LogP contribution in [0.1, 0.15) is 48.0 Å². The number of primary amides is 7. The first-order valence-electron chi connectivity index (χ1n) is 17.3. The summed E-state index contributed by atoms with van der Waals surface area (Å²) in [4.78, 5) is 85.2. The van der Waals surface area contributed by atoms with Crippen molar-refractivity contribution < 1.29 is 28.8 Å². The van der Waals surface area contributed by atoms with Crippen LogP contribution >= 0.6 is 0 Å². The Morgan fingerprint density at radius 2 is 0.839 bits per heavy atom. The molecule has 0 bridgehead atoms. The number of nitrogen functional groups attached to an aromatic ring is 1. The van der Waals surface area contributed by atoms with E-state index in [1.165, 1.54) is 21.1 Å². The maximum atomic E-state index is 11.1. The summed E-state index contributed by atoms with van der Waals surface area (Å²) in [5.41, 5.74) is 50.8. The van der Waals surface area contributed by atoms with Crippen molar-refractivity contribution in [3.05, 3.63) is 106 Å². The molecule has 0 fully saturated rings. The van der Waals surface area contributed by atoms with Gasteiger partial charge >= 0.3 is 29.8 Å². The summed E-state index contributed by atoms with van der Waals surface area (Å²) in [6, 6.07) is 21.7. The fraction of sp³-hybridized carbons (Fsp3) is 0.278. The number of nitrogens with two attached hydrogens (primary N) is 11. The van der Waals surface area contributed by atoms with Gasteiger partial charge in [0.15, 0.2) is 0 Å². The highest BCUT2D eigenvalue weighted by Gasteiger charge is 2.04. The van der Waals surface area contributed by atoms with Gasteiger partial charge in [-0.15, -0.1) is 0 Å². The lowest BCUT2D eigenvalue weighted by Gasteiger charge is -2.01. The van der Waals surface area contributed by atoms with Gasteiger partial charge in [0.05, 0.1) is 10.9 Å². The molecule has 35 N–H and O–H groups in total. The molecular formula is C36H78N18O8. The summed E-state index contributed by atoms with van der Waals surface area (Å²) in [5.74, 6) is -1.02. The lowest BCUT2D eigenvalue weighted by atomic mass is 10.2. The first-order valence-corrected chi connectivity index (χ1v) is 17.3. The molecule has 0 saturated carbocycles. The molecule has 26 heteroatoms. The minimum absolute atomic E-state index is 0. The van der Waals surface area contributed by atoms with Crippen LogP contribution in [0.5, 0.6) is 0 Å². The maximum Gasteiger partial charge on any atom is 0.326 e. The first-order chi connectivity index (χ1) is 27.9. The minimum Gasteiger partial charge on any atom is -0.399 e. The second kappa shape index (κ2) is 65.2. The van der Waals surface area contributed by atoms with Crippen molar-refractivity contribution in [2.75, 3.05) is 32.2 Å². The van der Waals surface area contributed by atoms with Gasteiger partial charge < -0.3 is 91.8 Å².